The number of aryl methyl sites for hydroxylation is 1. The molecular formula is C22H22N4O4S. The van der Waals surface area contributed by atoms with E-state index < -0.39 is 15.7 Å². The van der Waals surface area contributed by atoms with Crippen LogP contribution in [0.4, 0.5) is 5.69 Å². The van der Waals surface area contributed by atoms with Gasteiger partial charge in [0.05, 0.1) is 28.3 Å². The largest absolute Gasteiger partial charge is 0.463 e. The molecule has 0 radical (unpaired) electrons. The number of anilines is 1. The predicted molar refractivity (Wildman–Crippen MR) is 118 cm³/mol. The van der Waals surface area contributed by atoms with Crippen molar-refractivity contribution in [2.45, 2.75) is 31.7 Å². The molecule has 0 unspecified atom stereocenters. The highest BCUT2D eigenvalue weighted by molar-refractivity contribution is 7.90. The van der Waals surface area contributed by atoms with Crippen LogP contribution in [0, 0.1) is 6.92 Å². The minimum Gasteiger partial charge on any atom is -0.463 e. The molecular weight excluding hydrogens is 416 g/mol. The number of fused-ring (bicyclic) bond motifs is 1. The average molecular weight is 439 g/mol. The van der Waals surface area contributed by atoms with Crippen LogP contribution in [0.25, 0.3) is 22.5 Å². The molecule has 1 N–H and O–H groups in total. The first-order valence-corrected chi connectivity index (χ1v) is 11.6. The topological polar surface area (TPSA) is 107 Å². The monoisotopic (exact) mass is 438 g/mol. The molecule has 1 aromatic carbocycles. The van der Waals surface area contributed by atoms with Crippen molar-refractivity contribution in [2.75, 3.05) is 11.6 Å². The Balaban J connectivity index is 1.83. The number of carbonyl (C=O) groups is 1. The van der Waals surface area contributed by atoms with E-state index in [1.54, 1.807) is 48.3 Å². The summed E-state index contributed by atoms with van der Waals surface area (Å²) in [4.78, 5) is 18.1. The second kappa shape index (κ2) is 7.66. The summed E-state index contributed by atoms with van der Waals surface area (Å²) >= 11 is 0. The van der Waals surface area contributed by atoms with Crippen LogP contribution >= 0.6 is 0 Å². The van der Waals surface area contributed by atoms with Gasteiger partial charge in [0.15, 0.2) is 21.2 Å². The number of nitrogens with zero attached hydrogens (tertiary/aromatic N) is 3. The first-order valence-electron chi connectivity index (χ1n) is 9.69. The van der Waals surface area contributed by atoms with E-state index in [4.69, 9.17) is 4.42 Å². The normalized spacial score (nSPS) is 11.9. The molecule has 3 heterocycles. The summed E-state index contributed by atoms with van der Waals surface area (Å²) in [6, 6.07) is 9.87. The second-order valence-corrected chi connectivity index (χ2v) is 9.67. The van der Waals surface area contributed by atoms with Crippen LogP contribution in [0.1, 0.15) is 35.8 Å². The van der Waals surface area contributed by atoms with E-state index in [0.29, 0.717) is 33.7 Å². The predicted octanol–water partition coefficient (Wildman–Crippen LogP) is 4.24. The third kappa shape index (κ3) is 3.96. The van der Waals surface area contributed by atoms with Crippen molar-refractivity contribution in [3.05, 3.63) is 60.0 Å². The van der Waals surface area contributed by atoms with E-state index >= 15 is 0 Å². The van der Waals surface area contributed by atoms with Gasteiger partial charge in [0.2, 0.25) is 0 Å². The summed E-state index contributed by atoms with van der Waals surface area (Å²) in [5.41, 5.74) is 2.61. The Kier molecular flexibility index (Phi) is 5.14. The van der Waals surface area contributed by atoms with Crippen molar-refractivity contribution in [3.63, 3.8) is 0 Å². The van der Waals surface area contributed by atoms with Crippen LogP contribution in [0.3, 0.4) is 0 Å². The smallest absolute Gasteiger partial charge is 0.256 e. The second-order valence-electron chi connectivity index (χ2n) is 7.66. The molecule has 1 amide bonds. The number of amides is 1. The minimum absolute atomic E-state index is 0.0430. The molecule has 9 heteroatoms. The SMILES string of the molecule is Cc1ccc(S(C)(=O)=O)cc1NC(=O)c1cc(-c2ccco2)nc2c1cnn2C(C)C. The zero-order valence-electron chi connectivity index (χ0n) is 17.6. The fourth-order valence-corrected chi connectivity index (χ4v) is 3.94. The lowest BCUT2D eigenvalue weighted by atomic mass is 10.1. The molecule has 0 aliphatic carbocycles. The number of hydrogen-bond acceptors (Lipinski definition) is 6. The summed E-state index contributed by atoms with van der Waals surface area (Å²) in [5.74, 6) is 0.139. The molecule has 0 saturated heterocycles. The van der Waals surface area contributed by atoms with E-state index in [0.717, 1.165) is 11.8 Å². The summed E-state index contributed by atoms with van der Waals surface area (Å²) < 4.78 is 31.1. The van der Waals surface area contributed by atoms with Gasteiger partial charge in [-0.25, -0.2) is 18.1 Å². The van der Waals surface area contributed by atoms with Crippen LogP contribution in [0.5, 0.6) is 0 Å². The lowest BCUT2D eigenvalue weighted by Gasteiger charge is -2.12. The molecule has 0 aliphatic heterocycles. The van der Waals surface area contributed by atoms with Gasteiger partial charge in [-0.2, -0.15) is 5.10 Å². The Labute approximate surface area is 179 Å². The molecule has 4 rings (SSSR count). The number of rotatable bonds is 5. The molecule has 3 aromatic heterocycles. The Morgan fingerprint density at radius 2 is 1.97 bits per heavy atom. The lowest BCUT2D eigenvalue weighted by Crippen LogP contribution is -2.14. The van der Waals surface area contributed by atoms with E-state index in [1.165, 1.54) is 12.1 Å². The van der Waals surface area contributed by atoms with Crippen LogP contribution in [0.15, 0.2) is 58.2 Å². The third-order valence-electron chi connectivity index (χ3n) is 4.96. The van der Waals surface area contributed by atoms with E-state index in [-0.39, 0.29) is 10.9 Å². The number of benzene rings is 1. The lowest BCUT2D eigenvalue weighted by molar-refractivity contribution is 0.102. The van der Waals surface area contributed by atoms with Gasteiger partial charge in [-0.05, 0) is 56.7 Å². The quantitative estimate of drug-likeness (QED) is 0.499. The summed E-state index contributed by atoms with van der Waals surface area (Å²) in [6.07, 6.45) is 4.29. The minimum atomic E-state index is -3.41. The molecule has 0 fully saturated rings. The van der Waals surface area contributed by atoms with Crippen LogP contribution < -0.4 is 5.32 Å². The molecule has 0 spiro atoms. The fraction of sp³-hybridized carbons (Fsp3) is 0.227. The standard InChI is InChI=1S/C22H22N4O4S/c1-13(2)26-21-17(12-23-26)16(11-19(24-21)20-6-5-9-30-20)22(27)25-18-10-15(31(4,28)29)8-7-14(18)3/h5-13H,1-4H3,(H,25,27). The summed E-state index contributed by atoms with van der Waals surface area (Å²) in [5, 5.41) is 7.83. The zero-order chi connectivity index (χ0) is 22.3. The highest BCUT2D eigenvalue weighted by atomic mass is 32.2. The molecule has 0 bridgehead atoms. The van der Waals surface area contributed by atoms with Crippen molar-refractivity contribution < 1.29 is 17.6 Å². The molecule has 0 saturated carbocycles. The maximum atomic E-state index is 13.3. The van der Waals surface area contributed by atoms with Crippen molar-refractivity contribution in [1.82, 2.24) is 14.8 Å². The highest BCUT2D eigenvalue weighted by Crippen LogP contribution is 2.28. The third-order valence-corrected chi connectivity index (χ3v) is 6.07. The summed E-state index contributed by atoms with van der Waals surface area (Å²) in [7, 11) is -3.41. The highest BCUT2D eigenvalue weighted by Gasteiger charge is 2.20. The Morgan fingerprint density at radius 3 is 2.61 bits per heavy atom. The first-order chi connectivity index (χ1) is 14.6. The molecule has 8 nitrogen and oxygen atoms in total. The Morgan fingerprint density at radius 1 is 1.19 bits per heavy atom. The van der Waals surface area contributed by atoms with Gasteiger partial charge in [0, 0.05) is 18.0 Å². The number of aromatic nitrogens is 3. The zero-order valence-corrected chi connectivity index (χ0v) is 18.4. The number of carbonyl (C=O) groups excluding carboxylic acids is 1. The maximum Gasteiger partial charge on any atom is 0.256 e. The van der Waals surface area contributed by atoms with Gasteiger partial charge in [-0.15, -0.1) is 0 Å². The molecule has 160 valence electrons. The van der Waals surface area contributed by atoms with Gasteiger partial charge in [-0.1, -0.05) is 6.07 Å². The molecule has 4 aromatic rings. The van der Waals surface area contributed by atoms with Gasteiger partial charge in [0.1, 0.15) is 5.69 Å². The van der Waals surface area contributed by atoms with E-state index in [2.05, 4.69) is 15.4 Å². The van der Waals surface area contributed by atoms with Crippen molar-refractivity contribution in [3.8, 4) is 11.5 Å². The van der Waals surface area contributed by atoms with Crippen molar-refractivity contribution in [2.24, 2.45) is 0 Å². The van der Waals surface area contributed by atoms with Gasteiger partial charge in [-0.3, -0.25) is 4.79 Å². The van der Waals surface area contributed by atoms with Crippen molar-refractivity contribution in [1.29, 1.82) is 0 Å². The van der Waals surface area contributed by atoms with E-state index in [9.17, 15) is 13.2 Å². The van der Waals surface area contributed by atoms with Crippen LogP contribution in [-0.2, 0) is 9.84 Å². The van der Waals surface area contributed by atoms with Gasteiger partial charge in [0.25, 0.3) is 5.91 Å². The van der Waals surface area contributed by atoms with Gasteiger partial charge >= 0.3 is 0 Å². The number of pyridine rings is 1. The van der Waals surface area contributed by atoms with Crippen molar-refractivity contribution >= 4 is 32.5 Å². The number of furan rings is 1. The number of hydrogen-bond donors (Lipinski definition) is 1. The number of nitrogens with one attached hydrogen (secondary N) is 1. The Bertz CT molecular complexity index is 1390. The van der Waals surface area contributed by atoms with Gasteiger partial charge < -0.3 is 9.73 Å². The fourth-order valence-electron chi connectivity index (χ4n) is 3.29. The first kappa shape index (κ1) is 20.8. The average Bonchev–Trinajstić information content (AvgIpc) is 3.37. The molecule has 31 heavy (non-hydrogen) atoms. The maximum absolute atomic E-state index is 13.3. The summed E-state index contributed by atoms with van der Waals surface area (Å²) in [6.45, 7) is 5.76. The molecule has 0 atom stereocenters. The van der Waals surface area contributed by atoms with Crippen LogP contribution in [-0.4, -0.2) is 35.3 Å². The Hall–Kier alpha value is -3.46. The van der Waals surface area contributed by atoms with Crippen LogP contribution in [0.2, 0.25) is 0 Å². The number of sulfone groups is 1. The van der Waals surface area contributed by atoms with E-state index in [1.807, 2.05) is 13.8 Å². The molecule has 0 aliphatic rings.